The van der Waals surface area contributed by atoms with Gasteiger partial charge < -0.3 is 40.7 Å². The zero-order valence-corrected chi connectivity index (χ0v) is 40.6. The maximum absolute atomic E-state index is 13.5. The number of amides is 3. The van der Waals surface area contributed by atoms with Crippen LogP contribution >= 0.6 is 0 Å². The van der Waals surface area contributed by atoms with Crippen LogP contribution in [0.15, 0.2) is 48.8 Å². The molecule has 0 saturated carbocycles. The molecule has 0 bridgehead atoms. The lowest BCUT2D eigenvalue weighted by Crippen LogP contribution is -2.49. The van der Waals surface area contributed by atoms with Gasteiger partial charge in [-0.25, -0.2) is 4.57 Å². The van der Waals surface area contributed by atoms with Crippen LogP contribution in [0.4, 0.5) is 18.9 Å². The largest absolute Gasteiger partial charge is 0.766 e. The summed E-state index contributed by atoms with van der Waals surface area (Å²) < 4.78 is 51.5. The standard InChI is InChI=1S/C46H63N5O12.CHF3O2S/c1-6-51(7-2)36-17-14-32(15-18-36)12-13-33-20-24-50(25-21-33)23-9-11-37(53)10-8-22-47-45(62)35(28-42(58)59)27-40(55)44(30(3)4)49-46(63)34(16-19-41(56)57)26-39(54)38(29-43(60)61)48-31(5)52;2-1(3,4)7(5)6/h12-15,17-18,20-21,24-25,30,34-35,38,44H,6-11,16,19,22-23,26-29H2,1-5H3,(H5-,47,48,49,52,56,57,58,59,60,61,62,63);(H,5,6)/t34-,35+,38+,44+;/m0./s1. The summed E-state index contributed by atoms with van der Waals surface area (Å²) in [4.78, 5) is 114. The first-order valence-corrected chi connectivity index (χ1v) is 23.6. The fourth-order valence-electron chi connectivity index (χ4n) is 6.93. The first-order chi connectivity index (χ1) is 32.8. The van der Waals surface area contributed by atoms with E-state index >= 15 is 0 Å². The summed E-state index contributed by atoms with van der Waals surface area (Å²) in [5.41, 5.74) is -1.75. The second kappa shape index (κ2) is 31.7. The number of carbonyl (C=O) groups is 9. The summed E-state index contributed by atoms with van der Waals surface area (Å²) in [5.74, 6) is -11.0. The molecule has 1 aromatic heterocycles. The summed E-state index contributed by atoms with van der Waals surface area (Å²) in [6, 6.07) is 9.69. The first-order valence-electron chi connectivity index (χ1n) is 22.5. The van der Waals surface area contributed by atoms with E-state index in [0.717, 1.165) is 31.1 Å². The number of carboxylic acid groups (broad SMARTS) is 3. The number of carboxylic acids is 3. The molecule has 1 unspecified atom stereocenters. The van der Waals surface area contributed by atoms with E-state index in [-0.39, 0.29) is 25.2 Å². The number of alkyl halides is 3. The van der Waals surface area contributed by atoms with Gasteiger partial charge in [-0.1, -0.05) is 38.1 Å². The minimum absolute atomic E-state index is 0.0000705. The molecule has 2 aromatic rings. The van der Waals surface area contributed by atoms with Gasteiger partial charge >= 0.3 is 23.4 Å². The molecule has 0 radical (unpaired) electrons. The lowest BCUT2D eigenvalue weighted by atomic mass is 9.88. The van der Waals surface area contributed by atoms with Crippen LogP contribution in [0.2, 0.25) is 0 Å². The number of hydrogen-bond acceptors (Lipinski definition) is 12. The Bertz CT molecular complexity index is 2120. The van der Waals surface area contributed by atoms with E-state index in [1.165, 1.54) is 5.69 Å². The highest BCUT2D eigenvalue weighted by molar-refractivity contribution is 7.80. The van der Waals surface area contributed by atoms with Crippen molar-refractivity contribution in [2.45, 2.75) is 123 Å². The minimum atomic E-state index is -5.08. The van der Waals surface area contributed by atoms with Crippen LogP contribution in [0.25, 0.3) is 12.2 Å². The number of pyridine rings is 1. The highest BCUT2D eigenvalue weighted by Gasteiger charge is 2.34. The Balaban J connectivity index is 0.00000323. The normalized spacial score (nSPS) is 13.4. The van der Waals surface area contributed by atoms with E-state index in [2.05, 4.69) is 65.0 Å². The Hall–Kier alpha value is -6.36. The molecule has 6 N–H and O–H groups in total. The SMILES string of the molecule is CCN(CC)c1ccc(C=Cc2cc[n+](CCCC(=O)CCCNC(=O)[C@@H](CC(=O)O)CC(=O)[C@H](NC(=O)[C@@H](CCC(=O)O)CC(=O)[C@@H](CC(=O)O)NC(C)=O)C(C)C)cc2)cc1.O=S([O-])C(F)(F)F. The zero-order valence-electron chi connectivity index (χ0n) is 39.8. The molecule has 0 aliphatic heterocycles. The number of hydrogen-bond donors (Lipinski definition) is 6. The van der Waals surface area contributed by atoms with Crippen LogP contribution in [0.3, 0.4) is 0 Å². The molecule has 388 valence electrons. The lowest BCUT2D eigenvalue weighted by Gasteiger charge is -2.26. The maximum Gasteiger partial charge on any atom is 0.458 e. The molecule has 0 aliphatic rings. The van der Waals surface area contributed by atoms with E-state index in [1.54, 1.807) is 13.8 Å². The highest BCUT2D eigenvalue weighted by Crippen LogP contribution is 2.21. The van der Waals surface area contributed by atoms with Crippen LogP contribution in [0.1, 0.15) is 110 Å². The average Bonchev–Trinajstić information content (AvgIpc) is 3.27. The van der Waals surface area contributed by atoms with Gasteiger partial charge in [0.15, 0.2) is 24.0 Å². The predicted octanol–water partition coefficient (Wildman–Crippen LogP) is 4.23. The van der Waals surface area contributed by atoms with Gasteiger partial charge in [0.1, 0.15) is 12.3 Å². The first kappa shape index (κ1) is 61.7. The van der Waals surface area contributed by atoms with Crippen molar-refractivity contribution in [1.29, 1.82) is 0 Å². The molecule has 0 aliphatic carbocycles. The van der Waals surface area contributed by atoms with Crippen molar-refractivity contribution in [2.24, 2.45) is 17.8 Å². The number of aryl methyl sites for hydroxylation is 1. The van der Waals surface area contributed by atoms with Crippen LogP contribution in [0, 0.1) is 17.8 Å². The lowest BCUT2D eigenvalue weighted by molar-refractivity contribution is -0.697. The predicted molar refractivity (Wildman–Crippen MR) is 249 cm³/mol. The summed E-state index contributed by atoms with van der Waals surface area (Å²) in [7, 11) is 0. The van der Waals surface area contributed by atoms with Gasteiger partial charge in [-0.3, -0.25) is 47.4 Å². The minimum Gasteiger partial charge on any atom is -0.766 e. The number of carbonyl (C=O) groups excluding carboxylic acids is 6. The average molecular weight is 1010 g/mol. The smallest absolute Gasteiger partial charge is 0.458 e. The van der Waals surface area contributed by atoms with E-state index in [4.69, 9.17) is 8.76 Å². The summed E-state index contributed by atoms with van der Waals surface area (Å²) in [6.45, 7) is 11.1. The molecule has 23 heteroatoms. The van der Waals surface area contributed by atoms with Gasteiger partial charge in [0, 0.05) is 88.8 Å². The number of halogens is 3. The van der Waals surface area contributed by atoms with Crippen molar-refractivity contribution >= 4 is 81.9 Å². The van der Waals surface area contributed by atoms with E-state index in [1.807, 2.05) is 35.2 Å². The van der Waals surface area contributed by atoms with E-state index in [9.17, 15) is 71.6 Å². The van der Waals surface area contributed by atoms with Crippen molar-refractivity contribution in [3.63, 3.8) is 0 Å². The van der Waals surface area contributed by atoms with Crippen molar-refractivity contribution in [1.82, 2.24) is 16.0 Å². The molecule has 19 nitrogen and oxygen atoms in total. The Labute approximate surface area is 406 Å². The quantitative estimate of drug-likeness (QED) is 0.0350. The number of rotatable bonds is 31. The molecule has 1 aromatic carbocycles. The Morgan fingerprint density at radius 2 is 1.26 bits per heavy atom. The highest BCUT2D eigenvalue weighted by atomic mass is 32.2. The Morgan fingerprint density at radius 1 is 0.729 bits per heavy atom. The second-order valence-electron chi connectivity index (χ2n) is 16.5. The third-order valence-corrected chi connectivity index (χ3v) is 11.0. The van der Waals surface area contributed by atoms with Gasteiger partial charge in [-0.2, -0.15) is 13.2 Å². The molecule has 5 atom stereocenters. The fourth-order valence-corrected chi connectivity index (χ4v) is 6.93. The maximum atomic E-state index is 13.5. The topological polar surface area (TPSA) is 298 Å². The number of aromatic nitrogens is 1. The van der Waals surface area contributed by atoms with Gasteiger partial charge in [0.2, 0.25) is 17.7 Å². The number of anilines is 1. The van der Waals surface area contributed by atoms with E-state index in [0.29, 0.717) is 25.8 Å². The molecule has 0 saturated heterocycles. The third-order valence-electron chi connectivity index (χ3n) is 10.6. The number of nitrogens with zero attached hydrogens (tertiary/aromatic N) is 2. The molecular formula is C47H64F3N5O14S. The van der Waals surface area contributed by atoms with Crippen molar-refractivity contribution in [2.75, 3.05) is 24.5 Å². The third kappa shape index (κ3) is 25.3. The van der Waals surface area contributed by atoms with Crippen LogP contribution in [-0.4, -0.2) is 114 Å². The summed E-state index contributed by atoms with van der Waals surface area (Å²) in [5, 5.41) is 35.3. The van der Waals surface area contributed by atoms with Crippen LogP contribution in [0.5, 0.6) is 0 Å². The van der Waals surface area contributed by atoms with Gasteiger partial charge in [-0.15, -0.1) is 0 Å². The van der Waals surface area contributed by atoms with Gasteiger partial charge in [0.05, 0.1) is 41.9 Å². The molecular weight excluding hydrogens is 948 g/mol. The van der Waals surface area contributed by atoms with Crippen LogP contribution in [-0.2, 0) is 60.8 Å². The number of nitrogens with one attached hydrogen (secondary N) is 3. The van der Waals surface area contributed by atoms with Gasteiger partial charge in [0.25, 0.3) is 0 Å². The van der Waals surface area contributed by atoms with Crippen molar-refractivity contribution < 1.29 is 85.0 Å². The summed E-state index contributed by atoms with van der Waals surface area (Å²) >= 11 is -3.93. The monoisotopic (exact) mass is 1010 g/mol. The number of benzene rings is 1. The van der Waals surface area contributed by atoms with Gasteiger partial charge in [-0.05, 0) is 55.9 Å². The molecule has 1 heterocycles. The molecule has 0 spiro atoms. The van der Waals surface area contributed by atoms with Crippen LogP contribution < -0.4 is 25.4 Å². The second-order valence-corrected chi connectivity index (χ2v) is 17.5. The van der Waals surface area contributed by atoms with Crippen molar-refractivity contribution in [3.05, 3.63) is 59.9 Å². The molecule has 0 fully saturated rings. The fraction of sp³-hybridized carbons (Fsp3) is 0.532. The summed E-state index contributed by atoms with van der Waals surface area (Å²) in [6.07, 6.45) is 5.87. The number of Topliss-reactive ketones (excluding diaryl/α,β-unsaturated/α-hetero) is 3. The zero-order chi connectivity index (χ0) is 53.1. The Morgan fingerprint density at radius 3 is 1.74 bits per heavy atom. The number of ketones is 3. The van der Waals surface area contributed by atoms with E-state index < -0.39 is 126 Å². The molecule has 70 heavy (non-hydrogen) atoms. The Kier molecular flexibility index (Phi) is 27.9. The number of aliphatic carboxylic acids is 3. The molecule has 2 rings (SSSR count). The molecule has 3 amide bonds. The van der Waals surface area contributed by atoms with Crippen molar-refractivity contribution in [3.8, 4) is 0 Å².